The number of hydrogen-bond acceptors (Lipinski definition) is 3. The predicted molar refractivity (Wildman–Crippen MR) is 77.0 cm³/mol. The van der Waals surface area contributed by atoms with Gasteiger partial charge in [0.25, 0.3) is 0 Å². The highest BCUT2D eigenvalue weighted by atomic mass is 16.5. The van der Waals surface area contributed by atoms with Gasteiger partial charge in [-0.05, 0) is 12.0 Å². The third-order valence-corrected chi connectivity index (χ3v) is 3.18. The Labute approximate surface area is 115 Å². The standard InChI is InChI=1S/C15H24N2O2/c1-3-14(13-7-5-4-6-8-13)15(18)17(10-9-16)11-12-19-2/h4-8,14H,3,9-12,16H2,1-2H3. The molecule has 0 aliphatic carbocycles. The Balaban J connectivity index is 2.80. The first kappa shape index (κ1) is 15.7. The summed E-state index contributed by atoms with van der Waals surface area (Å²) in [5.74, 6) is 0.0424. The molecule has 4 nitrogen and oxygen atoms in total. The van der Waals surface area contributed by atoms with Gasteiger partial charge in [-0.15, -0.1) is 0 Å². The Morgan fingerprint density at radius 2 is 2.00 bits per heavy atom. The molecule has 1 atom stereocenters. The molecule has 0 fully saturated rings. The van der Waals surface area contributed by atoms with Crippen molar-refractivity contribution in [3.63, 3.8) is 0 Å². The second-order valence-electron chi connectivity index (χ2n) is 4.48. The summed E-state index contributed by atoms with van der Waals surface area (Å²) in [6, 6.07) is 9.90. The molecule has 0 radical (unpaired) electrons. The molecule has 0 aromatic heterocycles. The molecule has 2 N–H and O–H groups in total. The maximum absolute atomic E-state index is 12.6. The minimum atomic E-state index is -0.0930. The van der Waals surface area contributed by atoms with E-state index >= 15 is 0 Å². The summed E-state index contributed by atoms with van der Waals surface area (Å²) < 4.78 is 5.05. The van der Waals surface area contributed by atoms with E-state index < -0.39 is 0 Å². The number of benzene rings is 1. The van der Waals surface area contributed by atoms with Crippen LogP contribution in [0.15, 0.2) is 30.3 Å². The summed E-state index contributed by atoms with van der Waals surface area (Å²) in [5, 5.41) is 0. The number of carbonyl (C=O) groups excluding carboxylic acids is 1. The fourth-order valence-electron chi connectivity index (χ4n) is 2.15. The number of amides is 1. The van der Waals surface area contributed by atoms with Crippen LogP contribution < -0.4 is 5.73 Å². The summed E-state index contributed by atoms with van der Waals surface area (Å²) >= 11 is 0. The summed E-state index contributed by atoms with van der Waals surface area (Å²) in [5.41, 5.74) is 6.65. The van der Waals surface area contributed by atoms with E-state index in [0.29, 0.717) is 26.2 Å². The molecule has 1 aromatic rings. The smallest absolute Gasteiger partial charge is 0.230 e. The second-order valence-corrected chi connectivity index (χ2v) is 4.48. The van der Waals surface area contributed by atoms with E-state index in [4.69, 9.17) is 10.5 Å². The van der Waals surface area contributed by atoms with Crippen LogP contribution in [0.25, 0.3) is 0 Å². The number of nitrogens with two attached hydrogens (primary N) is 1. The van der Waals surface area contributed by atoms with Gasteiger partial charge in [0.2, 0.25) is 5.91 Å². The zero-order valence-corrected chi connectivity index (χ0v) is 11.8. The van der Waals surface area contributed by atoms with Crippen LogP contribution in [0.4, 0.5) is 0 Å². The van der Waals surface area contributed by atoms with Crippen molar-refractivity contribution in [1.29, 1.82) is 0 Å². The lowest BCUT2D eigenvalue weighted by Crippen LogP contribution is -2.40. The predicted octanol–water partition coefficient (Wildman–Crippen LogP) is 1.61. The Kier molecular flexibility index (Phi) is 7.15. The average Bonchev–Trinajstić information content (AvgIpc) is 2.45. The summed E-state index contributed by atoms with van der Waals surface area (Å²) in [7, 11) is 1.64. The van der Waals surface area contributed by atoms with Gasteiger partial charge in [-0.25, -0.2) is 0 Å². The summed E-state index contributed by atoms with van der Waals surface area (Å²) in [6.07, 6.45) is 0.789. The van der Waals surface area contributed by atoms with E-state index in [1.54, 1.807) is 12.0 Å². The van der Waals surface area contributed by atoms with Crippen LogP contribution in [0.1, 0.15) is 24.8 Å². The van der Waals surface area contributed by atoms with Crippen molar-refractivity contribution < 1.29 is 9.53 Å². The first-order valence-electron chi connectivity index (χ1n) is 6.77. The third kappa shape index (κ3) is 4.65. The molecule has 0 spiro atoms. The van der Waals surface area contributed by atoms with Gasteiger partial charge in [-0.3, -0.25) is 4.79 Å². The lowest BCUT2D eigenvalue weighted by atomic mass is 9.95. The molecule has 0 aliphatic heterocycles. The van der Waals surface area contributed by atoms with Crippen molar-refractivity contribution in [2.75, 3.05) is 33.4 Å². The fourth-order valence-corrected chi connectivity index (χ4v) is 2.15. The van der Waals surface area contributed by atoms with Crippen molar-refractivity contribution >= 4 is 5.91 Å². The summed E-state index contributed by atoms with van der Waals surface area (Å²) in [6.45, 7) is 4.21. The molecule has 4 heteroatoms. The van der Waals surface area contributed by atoms with E-state index in [0.717, 1.165) is 12.0 Å². The zero-order chi connectivity index (χ0) is 14.1. The minimum Gasteiger partial charge on any atom is -0.383 e. The third-order valence-electron chi connectivity index (χ3n) is 3.18. The molecule has 1 rings (SSSR count). The molecule has 19 heavy (non-hydrogen) atoms. The molecule has 0 aliphatic rings. The first-order valence-corrected chi connectivity index (χ1v) is 6.77. The Morgan fingerprint density at radius 3 is 2.53 bits per heavy atom. The van der Waals surface area contributed by atoms with E-state index in [1.165, 1.54) is 0 Å². The minimum absolute atomic E-state index is 0.0930. The highest BCUT2D eigenvalue weighted by Gasteiger charge is 2.23. The van der Waals surface area contributed by atoms with Gasteiger partial charge in [0.1, 0.15) is 0 Å². The molecular weight excluding hydrogens is 240 g/mol. The van der Waals surface area contributed by atoms with E-state index in [1.807, 2.05) is 37.3 Å². The van der Waals surface area contributed by atoms with Crippen LogP contribution in [-0.2, 0) is 9.53 Å². The van der Waals surface area contributed by atoms with Gasteiger partial charge >= 0.3 is 0 Å². The Morgan fingerprint density at radius 1 is 1.32 bits per heavy atom. The molecule has 0 saturated heterocycles. The highest BCUT2D eigenvalue weighted by Crippen LogP contribution is 2.21. The molecular formula is C15H24N2O2. The Bertz CT molecular complexity index is 368. The van der Waals surface area contributed by atoms with Gasteiger partial charge in [-0.1, -0.05) is 37.3 Å². The molecule has 106 valence electrons. The van der Waals surface area contributed by atoms with Gasteiger partial charge in [-0.2, -0.15) is 0 Å². The first-order chi connectivity index (χ1) is 9.24. The van der Waals surface area contributed by atoms with Crippen molar-refractivity contribution in [3.8, 4) is 0 Å². The van der Waals surface area contributed by atoms with Gasteiger partial charge in [0, 0.05) is 26.7 Å². The topological polar surface area (TPSA) is 55.6 Å². The number of ether oxygens (including phenoxy) is 1. The molecule has 1 amide bonds. The fraction of sp³-hybridized carbons (Fsp3) is 0.533. The largest absolute Gasteiger partial charge is 0.383 e. The Hall–Kier alpha value is -1.39. The van der Waals surface area contributed by atoms with Crippen molar-refractivity contribution in [2.45, 2.75) is 19.3 Å². The molecule has 1 aromatic carbocycles. The van der Waals surface area contributed by atoms with E-state index in [-0.39, 0.29) is 11.8 Å². The molecule has 0 bridgehead atoms. The second kappa shape index (κ2) is 8.67. The zero-order valence-electron chi connectivity index (χ0n) is 11.8. The van der Waals surface area contributed by atoms with Gasteiger partial charge in [0.05, 0.1) is 12.5 Å². The lowest BCUT2D eigenvalue weighted by molar-refractivity contribution is -0.133. The quantitative estimate of drug-likeness (QED) is 0.776. The van der Waals surface area contributed by atoms with E-state index in [2.05, 4.69) is 0 Å². The van der Waals surface area contributed by atoms with Crippen LogP contribution in [0.5, 0.6) is 0 Å². The SMILES string of the molecule is CCC(C(=O)N(CCN)CCOC)c1ccccc1. The molecule has 1 unspecified atom stereocenters. The number of nitrogens with zero attached hydrogens (tertiary/aromatic N) is 1. The van der Waals surface area contributed by atoms with Crippen LogP contribution in [0.3, 0.4) is 0 Å². The van der Waals surface area contributed by atoms with E-state index in [9.17, 15) is 4.79 Å². The summed E-state index contributed by atoms with van der Waals surface area (Å²) in [4.78, 5) is 14.4. The van der Waals surface area contributed by atoms with Gasteiger partial charge < -0.3 is 15.4 Å². The molecule has 0 saturated carbocycles. The normalized spacial score (nSPS) is 12.2. The van der Waals surface area contributed by atoms with Crippen molar-refractivity contribution in [1.82, 2.24) is 4.90 Å². The number of rotatable bonds is 8. The maximum Gasteiger partial charge on any atom is 0.230 e. The molecule has 0 heterocycles. The van der Waals surface area contributed by atoms with Crippen LogP contribution in [0, 0.1) is 0 Å². The van der Waals surface area contributed by atoms with Crippen molar-refractivity contribution in [2.24, 2.45) is 5.73 Å². The highest BCUT2D eigenvalue weighted by molar-refractivity contribution is 5.83. The van der Waals surface area contributed by atoms with Crippen LogP contribution >= 0.6 is 0 Å². The van der Waals surface area contributed by atoms with Crippen LogP contribution in [0.2, 0.25) is 0 Å². The maximum atomic E-state index is 12.6. The average molecular weight is 264 g/mol. The number of carbonyl (C=O) groups is 1. The van der Waals surface area contributed by atoms with Crippen LogP contribution in [-0.4, -0.2) is 44.2 Å². The lowest BCUT2D eigenvalue weighted by Gasteiger charge is -2.26. The van der Waals surface area contributed by atoms with Gasteiger partial charge in [0.15, 0.2) is 0 Å². The monoisotopic (exact) mass is 264 g/mol. The van der Waals surface area contributed by atoms with Crippen molar-refractivity contribution in [3.05, 3.63) is 35.9 Å². The number of methoxy groups -OCH3 is 1. The number of hydrogen-bond donors (Lipinski definition) is 1.